The average molecular weight is 387 g/mol. The Hall–Kier alpha value is -1.33. The summed E-state index contributed by atoms with van der Waals surface area (Å²) in [6.45, 7) is 5.54. The highest BCUT2D eigenvalue weighted by molar-refractivity contribution is 7.99. The summed E-state index contributed by atoms with van der Waals surface area (Å²) in [4.78, 5) is 2.37. The van der Waals surface area contributed by atoms with Crippen LogP contribution in [0.3, 0.4) is 0 Å². The maximum Gasteiger partial charge on any atom is 0.0971 e. The van der Waals surface area contributed by atoms with Gasteiger partial charge in [-0.2, -0.15) is 0 Å². The molecule has 4 heteroatoms. The van der Waals surface area contributed by atoms with Gasteiger partial charge < -0.3 is 14.6 Å². The van der Waals surface area contributed by atoms with E-state index in [-0.39, 0.29) is 5.60 Å². The monoisotopic (exact) mass is 386 g/mol. The number of hydrogen-bond donors (Lipinski definition) is 1. The topological polar surface area (TPSA) is 38.7 Å². The Balaban J connectivity index is 1.78. The third-order valence-electron chi connectivity index (χ3n) is 5.85. The lowest BCUT2D eigenvalue weighted by atomic mass is 9.86. The molecule has 1 fully saturated rings. The van der Waals surface area contributed by atoms with Crippen molar-refractivity contribution < 1.29 is 14.6 Å². The largest absolute Gasteiger partial charge is 0.385 e. The third kappa shape index (κ3) is 4.40. The van der Waals surface area contributed by atoms with Crippen LogP contribution >= 0.6 is 11.8 Å². The van der Waals surface area contributed by atoms with Crippen LogP contribution in [-0.2, 0) is 20.7 Å². The van der Waals surface area contributed by atoms with Crippen molar-refractivity contribution in [2.45, 2.75) is 60.5 Å². The molecule has 0 amide bonds. The van der Waals surface area contributed by atoms with Crippen molar-refractivity contribution in [2.24, 2.45) is 0 Å². The van der Waals surface area contributed by atoms with E-state index in [0.29, 0.717) is 0 Å². The van der Waals surface area contributed by atoms with Crippen LogP contribution in [0.2, 0.25) is 0 Å². The van der Waals surface area contributed by atoms with E-state index in [9.17, 15) is 5.11 Å². The molecule has 0 bridgehead atoms. The second kappa shape index (κ2) is 8.78. The fourth-order valence-electron chi connectivity index (χ4n) is 3.78. The Kier molecular flexibility index (Phi) is 6.64. The van der Waals surface area contributed by atoms with Crippen LogP contribution in [0.4, 0.5) is 0 Å². The van der Waals surface area contributed by atoms with Crippen molar-refractivity contribution in [2.75, 3.05) is 20.3 Å². The van der Waals surface area contributed by atoms with Crippen LogP contribution in [0.5, 0.6) is 0 Å². The smallest absolute Gasteiger partial charge is 0.0971 e. The zero-order valence-corrected chi connectivity index (χ0v) is 17.3. The standard InChI is InChI=1S/C23H30O3S/c1-4-22(24,5-2)18-9-11-20(12-10-18)27-21-8-6-7-19(17-21)23(25-3)13-15-26-16-14-23/h6-12,17,24H,4-5,13-16H2,1-3H3. The summed E-state index contributed by atoms with van der Waals surface area (Å²) >= 11 is 1.74. The van der Waals surface area contributed by atoms with Gasteiger partial charge in [0.15, 0.2) is 0 Å². The first kappa shape index (κ1) is 20.4. The highest BCUT2D eigenvalue weighted by Crippen LogP contribution is 2.38. The van der Waals surface area contributed by atoms with E-state index in [4.69, 9.17) is 9.47 Å². The Bertz CT molecular complexity index is 732. The summed E-state index contributed by atoms with van der Waals surface area (Å²) in [5, 5.41) is 10.7. The van der Waals surface area contributed by atoms with Crippen molar-refractivity contribution in [1.29, 1.82) is 0 Å². The van der Waals surface area contributed by atoms with Crippen molar-refractivity contribution in [3.63, 3.8) is 0 Å². The molecular formula is C23H30O3S. The number of benzene rings is 2. The van der Waals surface area contributed by atoms with E-state index in [1.54, 1.807) is 18.9 Å². The second-order valence-electron chi connectivity index (χ2n) is 7.20. The zero-order chi connectivity index (χ0) is 19.3. The van der Waals surface area contributed by atoms with E-state index in [2.05, 4.69) is 36.4 Å². The molecular weight excluding hydrogens is 356 g/mol. The molecule has 0 spiro atoms. The molecule has 27 heavy (non-hydrogen) atoms. The van der Waals surface area contributed by atoms with Crippen LogP contribution in [0, 0.1) is 0 Å². The van der Waals surface area contributed by atoms with E-state index >= 15 is 0 Å². The summed E-state index contributed by atoms with van der Waals surface area (Å²) < 4.78 is 11.5. The van der Waals surface area contributed by atoms with Gasteiger partial charge in [0, 0.05) is 43.0 Å². The fraction of sp³-hybridized carbons (Fsp3) is 0.478. The minimum absolute atomic E-state index is 0.239. The van der Waals surface area contributed by atoms with Gasteiger partial charge in [-0.1, -0.05) is 49.9 Å². The van der Waals surface area contributed by atoms with Crippen molar-refractivity contribution in [1.82, 2.24) is 0 Å². The predicted molar refractivity (Wildman–Crippen MR) is 110 cm³/mol. The maximum atomic E-state index is 10.7. The van der Waals surface area contributed by atoms with E-state index in [1.165, 1.54) is 15.4 Å². The van der Waals surface area contributed by atoms with Gasteiger partial charge in [-0.05, 0) is 48.2 Å². The summed E-state index contributed by atoms with van der Waals surface area (Å²) in [7, 11) is 1.80. The molecule has 0 aromatic heterocycles. The first-order valence-corrected chi connectivity index (χ1v) is 10.6. The van der Waals surface area contributed by atoms with E-state index < -0.39 is 5.60 Å². The van der Waals surface area contributed by atoms with Crippen LogP contribution < -0.4 is 0 Å². The van der Waals surface area contributed by atoms with Gasteiger partial charge >= 0.3 is 0 Å². The predicted octanol–water partition coefficient (Wildman–Crippen LogP) is 5.50. The summed E-state index contributed by atoms with van der Waals surface area (Å²) in [6.07, 6.45) is 3.22. The molecule has 2 aromatic carbocycles. The molecule has 0 radical (unpaired) electrons. The van der Waals surface area contributed by atoms with Gasteiger partial charge in [0.2, 0.25) is 0 Å². The SMILES string of the molecule is CCC(O)(CC)c1ccc(Sc2cccc(C3(OC)CCOCC3)c2)cc1. The Morgan fingerprint density at radius 1 is 1.04 bits per heavy atom. The van der Waals surface area contributed by atoms with Gasteiger partial charge in [0.25, 0.3) is 0 Å². The van der Waals surface area contributed by atoms with Crippen molar-refractivity contribution >= 4 is 11.8 Å². The zero-order valence-electron chi connectivity index (χ0n) is 16.5. The summed E-state index contributed by atoms with van der Waals surface area (Å²) in [5.41, 5.74) is 1.25. The molecule has 146 valence electrons. The highest BCUT2D eigenvalue weighted by Gasteiger charge is 2.34. The molecule has 1 saturated heterocycles. The second-order valence-corrected chi connectivity index (χ2v) is 8.35. The normalized spacial score (nSPS) is 17.0. The van der Waals surface area contributed by atoms with Gasteiger partial charge in [-0.3, -0.25) is 0 Å². The number of aliphatic hydroxyl groups is 1. The number of ether oxygens (including phenoxy) is 2. The van der Waals surface area contributed by atoms with Gasteiger partial charge in [0.1, 0.15) is 0 Å². The van der Waals surface area contributed by atoms with Crippen molar-refractivity contribution in [3.05, 3.63) is 59.7 Å². The molecule has 3 nitrogen and oxygen atoms in total. The highest BCUT2D eigenvalue weighted by atomic mass is 32.2. The Morgan fingerprint density at radius 3 is 2.30 bits per heavy atom. The van der Waals surface area contributed by atoms with Crippen LogP contribution in [0.15, 0.2) is 58.3 Å². The first-order chi connectivity index (χ1) is 13.0. The Morgan fingerprint density at radius 2 is 1.70 bits per heavy atom. The van der Waals surface area contributed by atoms with Crippen LogP contribution in [0.25, 0.3) is 0 Å². The minimum Gasteiger partial charge on any atom is -0.385 e. The molecule has 1 aliphatic heterocycles. The lowest BCUT2D eigenvalue weighted by Gasteiger charge is -2.36. The molecule has 1 aliphatic rings. The van der Waals surface area contributed by atoms with Gasteiger partial charge in [-0.25, -0.2) is 0 Å². The first-order valence-electron chi connectivity index (χ1n) is 9.79. The van der Waals surface area contributed by atoms with E-state index in [0.717, 1.165) is 44.5 Å². The lowest BCUT2D eigenvalue weighted by molar-refractivity contribution is -0.0948. The van der Waals surface area contributed by atoms with Crippen LogP contribution in [-0.4, -0.2) is 25.4 Å². The number of rotatable bonds is 7. The summed E-state index contributed by atoms with van der Waals surface area (Å²) in [6, 6.07) is 16.9. The molecule has 3 rings (SSSR count). The molecule has 2 aromatic rings. The molecule has 0 aliphatic carbocycles. The van der Waals surface area contributed by atoms with Crippen molar-refractivity contribution in [3.8, 4) is 0 Å². The van der Waals surface area contributed by atoms with Gasteiger partial charge in [0.05, 0.1) is 11.2 Å². The number of hydrogen-bond acceptors (Lipinski definition) is 4. The van der Waals surface area contributed by atoms with E-state index in [1.807, 2.05) is 26.0 Å². The minimum atomic E-state index is -0.725. The molecule has 0 saturated carbocycles. The molecule has 1 N–H and O–H groups in total. The summed E-state index contributed by atoms with van der Waals surface area (Å²) in [5.74, 6) is 0. The van der Waals surface area contributed by atoms with Crippen LogP contribution in [0.1, 0.15) is 50.7 Å². The number of methoxy groups -OCH3 is 1. The quantitative estimate of drug-likeness (QED) is 0.682. The lowest BCUT2D eigenvalue weighted by Crippen LogP contribution is -2.35. The fourth-order valence-corrected chi connectivity index (χ4v) is 4.66. The molecule has 0 unspecified atom stereocenters. The van der Waals surface area contributed by atoms with Gasteiger partial charge in [-0.15, -0.1) is 0 Å². The molecule has 0 atom stereocenters. The molecule has 1 heterocycles. The third-order valence-corrected chi connectivity index (χ3v) is 6.85. The maximum absolute atomic E-state index is 10.7. The Labute approximate surface area is 167 Å². The average Bonchev–Trinajstić information content (AvgIpc) is 2.74.